The van der Waals surface area contributed by atoms with Gasteiger partial charge in [-0.05, 0) is 37.8 Å². The summed E-state index contributed by atoms with van der Waals surface area (Å²) in [5, 5.41) is 0. The number of carbonyl (C=O) groups is 3. The van der Waals surface area contributed by atoms with Crippen LogP contribution in [-0.4, -0.2) is 27.5 Å². The molecule has 0 saturated carbocycles. The number of benzene rings is 2. The molecule has 5 rings (SSSR count). The first kappa shape index (κ1) is 20.7. The van der Waals surface area contributed by atoms with E-state index in [1.165, 1.54) is 4.90 Å². The molecule has 0 unspecified atom stereocenters. The molecular formula is C27H28N2O3. The van der Waals surface area contributed by atoms with Crippen molar-refractivity contribution in [3.63, 3.8) is 0 Å². The number of hydrogen-bond acceptors (Lipinski definition) is 3. The fraction of sp³-hybridized carbons (Fsp3) is 0.370. The van der Waals surface area contributed by atoms with Crippen LogP contribution >= 0.6 is 0 Å². The minimum atomic E-state index is -0.382. The molecule has 0 aromatic heterocycles. The lowest BCUT2D eigenvalue weighted by atomic mass is 9.71. The maximum Gasteiger partial charge on any atom is 0.234 e. The van der Waals surface area contributed by atoms with Gasteiger partial charge < -0.3 is 4.90 Å². The Kier molecular flexibility index (Phi) is 5.20. The van der Waals surface area contributed by atoms with Crippen molar-refractivity contribution in [1.82, 2.24) is 9.80 Å². The van der Waals surface area contributed by atoms with Gasteiger partial charge in [-0.3, -0.25) is 19.3 Å². The summed E-state index contributed by atoms with van der Waals surface area (Å²) in [5.74, 6) is -0.882. The van der Waals surface area contributed by atoms with E-state index in [2.05, 4.69) is 0 Å². The van der Waals surface area contributed by atoms with Gasteiger partial charge in [-0.25, -0.2) is 0 Å². The SMILES string of the molecule is C[C@H](c1ccccc1)N1C(=O)CC[C@H]2C1=CC[C@H]1C(=O)N([C@@H](C)c3ccccc3)C(=O)[C@H]12. The summed E-state index contributed by atoms with van der Waals surface area (Å²) >= 11 is 0. The molecule has 0 radical (unpaired) electrons. The van der Waals surface area contributed by atoms with Gasteiger partial charge in [0.15, 0.2) is 0 Å². The smallest absolute Gasteiger partial charge is 0.234 e. The number of amides is 3. The molecule has 164 valence electrons. The Morgan fingerprint density at radius 3 is 1.91 bits per heavy atom. The molecule has 0 N–H and O–H groups in total. The van der Waals surface area contributed by atoms with Gasteiger partial charge in [0.05, 0.1) is 23.9 Å². The van der Waals surface area contributed by atoms with Gasteiger partial charge in [0.2, 0.25) is 17.7 Å². The van der Waals surface area contributed by atoms with Crippen molar-refractivity contribution < 1.29 is 14.4 Å². The molecule has 2 aromatic carbocycles. The van der Waals surface area contributed by atoms with E-state index in [0.29, 0.717) is 19.3 Å². The van der Waals surface area contributed by atoms with Crippen molar-refractivity contribution in [1.29, 1.82) is 0 Å². The van der Waals surface area contributed by atoms with Crippen LogP contribution in [0.15, 0.2) is 72.4 Å². The molecule has 5 nitrogen and oxygen atoms in total. The Hall–Kier alpha value is -3.21. The number of hydrogen-bond donors (Lipinski definition) is 0. The maximum atomic E-state index is 13.6. The van der Waals surface area contributed by atoms with E-state index in [1.807, 2.05) is 85.5 Å². The normalized spacial score (nSPS) is 27.0. The van der Waals surface area contributed by atoms with Gasteiger partial charge in [0, 0.05) is 18.0 Å². The Bertz CT molecular complexity index is 1080. The molecule has 32 heavy (non-hydrogen) atoms. The average Bonchev–Trinajstić information content (AvgIpc) is 3.09. The molecule has 0 spiro atoms. The highest BCUT2D eigenvalue weighted by molar-refractivity contribution is 6.06. The number of imide groups is 1. The van der Waals surface area contributed by atoms with E-state index >= 15 is 0 Å². The monoisotopic (exact) mass is 428 g/mol. The van der Waals surface area contributed by atoms with Gasteiger partial charge in [-0.15, -0.1) is 0 Å². The number of likely N-dealkylation sites (tertiary alicyclic amines) is 2. The van der Waals surface area contributed by atoms with Crippen LogP contribution in [-0.2, 0) is 14.4 Å². The van der Waals surface area contributed by atoms with E-state index in [0.717, 1.165) is 16.8 Å². The van der Waals surface area contributed by atoms with E-state index in [4.69, 9.17) is 0 Å². The fourth-order valence-corrected chi connectivity index (χ4v) is 5.79. The van der Waals surface area contributed by atoms with E-state index in [9.17, 15) is 14.4 Å². The number of allylic oxidation sites excluding steroid dienone is 2. The van der Waals surface area contributed by atoms with Gasteiger partial charge in [-0.2, -0.15) is 0 Å². The Balaban J connectivity index is 1.46. The third-order valence-electron chi connectivity index (χ3n) is 7.46. The zero-order valence-corrected chi connectivity index (χ0v) is 18.5. The third kappa shape index (κ3) is 3.19. The van der Waals surface area contributed by atoms with Crippen molar-refractivity contribution in [2.24, 2.45) is 17.8 Å². The molecule has 2 aliphatic heterocycles. The Labute approximate surface area is 188 Å². The van der Waals surface area contributed by atoms with Crippen LogP contribution in [0.3, 0.4) is 0 Å². The molecule has 2 saturated heterocycles. The molecule has 0 bridgehead atoms. The Morgan fingerprint density at radius 2 is 1.31 bits per heavy atom. The number of fused-ring (bicyclic) bond motifs is 3. The summed E-state index contributed by atoms with van der Waals surface area (Å²) in [6, 6.07) is 19.3. The molecule has 1 aliphatic carbocycles. The second-order valence-corrected chi connectivity index (χ2v) is 9.13. The van der Waals surface area contributed by atoms with E-state index in [-0.39, 0.29) is 47.6 Å². The number of nitrogens with zero attached hydrogens (tertiary/aromatic N) is 2. The van der Waals surface area contributed by atoms with Crippen LogP contribution in [0.4, 0.5) is 0 Å². The molecule has 5 heteroatoms. The number of rotatable bonds is 4. The van der Waals surface area contributed by atoms with Crippen molar-refractivity contribution in [3.8, 4) is 0 Å². The van der Waals surface area contributed by atoms with Crippen LogP contribution in [0.5, 0.6) is 0 Å². The highest BCUT2D eigenvalue weighted by atomic mass is 16.2. The zero-order valence-electron chi connectivity index (χ0n) is 18.5. The lowest BCUT2D eigenvalue weighted by Gasteiger charge is -2.44. The number of carbonyl (C=O) groups excluding carboxylic acids is 3. The summed E-state index contributed by atoms with van der Waals surface area (Å²) in [6.07, 6.45) is 3.57. The predicted molar refractivity (Wildman–Crippen MR) is 121 cm³/mol. The van der Waals surface area contributed by atoms with Crippen molar-refractivity contribution in [2.75, 3.05) is 0 Å². The van der Waals surface area contributed by atoms with Crippen molar-refractivity contribution in [2.45, 2.75) is 45.2 Å². The zero-order chi connectivity index (χ0) is 22.4. The summed E-state index contributed by atoms with van der Waals surface area (Å²) in [7, 11) is 0. The van der Waals surface area contributed by atoms with Crippen LogP contribution < -0.4 is 0 Å². The summed E-state index contributed by atoms with van der Waals surface area (Å²) in [4.78, 5) is 43.3. The van der Waals surface area contributed by atoms with Gasteiger partial charge in [0.1, 0.15) is 0 Å². The first-order chi connectivity index (χ1) is 15.5. The van der Waals surface area contributed by atoms with Gasteiger partial charge in [0.25, 0.3) is 0 Å². The lowest BCUT2D eigenvalue weighted by Crippen LogP contribution is -2.45. The molecule has 3 amide bonds. The fourth-order valence-electron chi connectivity index (χ4n) is 5.79. The van der Waals surface area contributed by atoms with Gasteiger partial charge in [-0.1, -0.05) is 66.7 Å². The minimum Gasteiger partial charge on any atom is -0.309 e. The van der Waals surface area contributed by atoms with Crippen LogP contribution in [0.2, 0.25) is 0 Å². The Morgan fingerprint density at radius 1 is 0.750 bits per heavy atom. The average molecular weight is 429 g/mol. The second kappa shape index (κ2) is 8.05. The highest BCUT2D eigenvalue weighted by Crippen LogP contribution is 2.49. The largest absolute Gasteiger partial charge is 0.309 e. The first-order valence-electron chi connectivity index (χ1n) is 11.5. The number of piperidine rings is 1. The maximum absolute atomic E-state index is 13.6. The summed E-state index contributed by atoms with van der Waals surface area (Å²) < 4.78 is 0. The van der Waals surface area contributed by atoms with Gasteiger partial charge >= 0.3 is 0 Å². The quantitative estimate of drug-likeness (QED) is 0.667. The van der Waals surface area contributed by atoms with Crippen LogP contribution in [0, 0.1) is 17.8 Å². The predicted octanol–water partition coefficient (Wildman–Crippen LogP) is 4.64. The molecule has 2 aromatic rings. The second-order valence-electron chi connectivity index (χ2n) is 9.13. The van der Waals surface area contributed by atoms with Crippen molar-refractivity contribution in [3.05, 3.63) is 83.6 Å². The van der Waals surface area contributed by atoms with Crippen LogP contribution in [0.1, 0.15) is 56.3 Å². The highest BCUT2D eigenvalue weighted by Gasteiger charge is 2.56. The topological polar surface area (TPSA) is 57.7 Å². The molecule has 2 fully saturated rings. The first-order valence-corrected chi connectivity index (χ1v) is 11.5. The minimum absolute atomic E-state index is 0.0776. The summed E-state index contributed by atoms with van der Waals surface area (Å²) in [6.45, 7) is 3.96. The van der Waals surface area contributed by atoms with E-state index in [1.54, 1.807) is 0 Å². The lowest BCUT2D eigenvalue weighted by molar-refractivity contribution is -0.143. The third-order valence-corrected chi connectivity index (χ3v) is 7.46. The van der Waals surface area contributed by atoms with Crippen molar-refractivity contribution >= 4 is 17.7 Å². The molecule has 2 heterocycles. The molecule has 5 atom stereocenters. The standard InChI is InChI=1S/C27H28N2O3/c1-17(19-9-5-3-6-10-19)28-23-15-13-22-25(21(23)14-16-24(28)30)27(32)29(26(22)31)18(2)20-11-7-4-8-12-20/h3-12,15,17-18,21-22,25H,13-14,16H2,1-2H3/t17-,18+,21+,22-,25+/m1/s1. The van der Waals surface area contributed by atoms with E-state index < -0.39 is 0 Å². The van der Waals surface area contributed by atoms with Crippen LogP contribution in [0.25, 0.3) is 0 Å². The molecule has 3 aliphatic rings. The molecular weight excluding hydrogens is 400 g/mol. The summed E-state index contributed by atoms with van der Waals surface area (Å²) in [5.41, 5.74) is 2.95.